The van der Waals surface area contributed by atoms with Crippen molar-refractivity contribution in [1.29, 1.82) is 0 Å². The van der Waals surface area contributed by atoms with Crippen LogP contribution in [0.2, 0.25) is 5.02 Å². The van der Waals surface area contributed by atoms with Crippen molar-refractivity contribution in [2.75, 3.05) is 12.4 Å². The third-order valence-electron chi connectivity index (χ3n) is 3.96. The summed E-state index contributed by atoms with van der Waals surface area (Å²) >= 11 is 6.06. The topological polar surface area (TPSA) is 54.1 Å². The van der Waals surface area contributed by atoms with Gasteiger partial charge >= 0.3 is 0 Å². The minimum absolute atomic E-state index is 0.0175. The highest BCUT2D eigenvalue weighted by Crippen LogP contribution is 2.27. The summed E-state index contributed by atoms with van der Waals surface area (Å²) in [5.74, 6) is 0.574. The molecule has 2 aromatic carbocycles. The summed E-state index contributed by atoms with van der Waals surface area (Å²) in [6.45, 7) is 0. The van der Waals surface area contributed by atoms with Crippen LogP contribution in [-0.2, 0) is 11.2 Å². The molecule has 1 heterocycles. The van der Waals surface area contributed by atoms with Gasteiger partial charge in [-0.3, -0.25) is 4.79 Å². The number of aromatic nitrogens is 1. The van der Waals surface area contributed by atoms with Crippen molar-refractivity contribution < 1.29 is 9.53 Å². The number of halogens is 1. The van der Waals surface area contributed by atoms with Gasteiger partial charge in [-0.2, -0.15) is 0 Å². The van der Waals surface area contributed by atoms with Crippen LogP contribution in [0.3, 0.4) is 0 Å². The molecule has 3 aromatic rings. The van der Waals surface area contributed by atoms with Gasteiger partial charge in [-0.15, -0.1) is 0 Å². The van der Waals surface area contributed by atoms with Crippen molar-refractivity contribution in [3.05, 3.63) is 59.2 Å². The molecule has 2 N–H and O–H groups in total. The monoisotopic (exact) mass is 342 g/mol. The zero-order valence-electron chi connectivity index (χ0n) is 13.4. The lowest BCUT2D eigenvalue weighted by molar-refractivity contribution is -0.116. The van der Waals surface area contributed by atoms with Gasteiger partial charge in [0.2, 0.25) is 5.91 Å². The fourth-order valence-electron chi connectivity index (χ4n) is 2.75. The number of hydrogen-bond donors (Lipinski definition) is 2. The maximum absolute atomic E-state index is 12.1. The molecule has 0 spiro atoms. The Morgan fingerprint density at radius 3 is 2.88 bits per heavy atom. The Hall–Kier alpha value is -2.46. The molecule has 0 saturated carbocycles. The number of nitrogens with one attached hydrogen (secondary N) is 2. The molecule has 24 heavy (non-hydrogen) atoms. The first-order valence-electron chi connectivity index (χ1n) is 7.86. The van der Waals surface area contributed by atoms with Crippen molar-refractivity contribution in [1.82, 2.24) is 4.98 Å². The van der Waals surface area contributed by atoms with E-state index in [0.29, 0.717) is 22.9 Å². The van der Waals surface area contributed by atoms with E-state index < -0.39 is 0 Å². The average molecular weight is 343 g/mol. The molecule has 0 aliphatic carbocycles. The Balaban J connectivity index is 1.53. The number of anilines is 1. The highest BCUT2D eigenvalue weighted by atomic mass is 35.5. The van der Waals surface area contributed by atoms with E-state index in [1.165, 1.54) is 10.9 Å². The number of fused-ring (bicyclic) bond motifs is 1. The third-order valence-corrected chi connectivity index (χ3v) is 4.26. The van der Waals surface area contributed by atoms with Crippen molar-refractivity contribution in [3.63, 3.8) is 0 Å². The molecular weight excluding hydrogens is 324 g/mol. The summed E-state index contributed by atoms with van der Waals surface area (Å²) in [6, 6.07) is 13.4. The number of amides is 1. The van der Waals surface area contributed by atoms with Crippen LogP contribution in [0.1, 0.15) is 18.4 Å². The van der Waals surface area contributed by atoms with Crippen LogP contribution in [0.15, 0.2) is 48.7 Å². The van der Waals surface area contributed by atoms with Crippen LogP contribution in [-0.4, -0.2) is 18.0 Å². The number of H-pyrrole nitrogens is 1. The molecule has 124 valence electrons. The van der Waals surface area contributed by atoms with Crippen LogP contribution < -0.4 is 10.1 Å². The molecule has 0 radical (unpaired) electrons. The van der Waals surface area contributed by atoms with Gasteiger partial charge < -0.3 is 15.0 Å². The smallest absolute Gasteiger partial charge is 0.224 e. The molecule has 5 heteroatoms. The number of benzene rings is 2. The fourth-order valence-corrected chi connectivity index (χ4v) is 3.00. The summed E-state index contributed by atoms with van der Waals surface area (Å²) < 4.78 is 5.10. The van der Waals surface area contributed by atoms with Crippen LogP contribution in [0.25, 0.3) is 10.9 Å². The van der Waals surface area contributed by atoms with E-state index in [-0.39, 0.29) is 5.91 Å². The molecule has 0 saturated heterocycles. The Kier molecular flexibility index (Phi) is 5.06. The minimum atomic E-state index is -0.0175. The normalized spacial score (nSPS) is 10.8. The van der Waals surface area contributed by atoms with Gasteiger partial charge in [0.25, 0.3) is 0 Å². The fraction of sp³-hybridized carbons (Fsp3) is 0.211. The molecule has 0 atom stereocenters. The van der Waals surface area contributed by atoms with Gasteiger partial charge in [-0.05, 0) is 42.7 Å². The second-order valence-corrected chi connectivity index (χ2v) is 6.02. The maximum atomic E-state index is 12.1. The average Bonchev–Trinajstić information content (AvgIpc) is 2.98. The van der Waals surface area contributed by atoms with Gasteiger partial charge in [-0.25, -0.2) is 0 Å². The summed E-state index contributed by atoms with van der Waals surface area (Å²) in [5, 5.41) is 4.57. The van der Waals surface area contributed by atoms with Gasteiger partial charge in [0.05, 0.1) is 12.1 Å². The van der Waals surface area contributed by atoms with Crippen molar-refractivity contribution in [2.24, 2.45) is 0 Å². The van der Waals surface area contributed by atoms with Crippen molar-refractivity contribution in [3.8, 4) is 5.75 Å². The number of carbonyl (C=O) groups excluding carboxylic acids is 1. The summed E-state index contributed by atoms with van der Waals surface area (Å²) in [7, 11) is 1.56. The van der Waals surface area contributed by atoms with E-state index in [0.717, 1.165) is 18.4 Å². The molecule has 4 nitrogen and oxygen atoms in total. The zero-order valence-corrected chi connectivity index (χ0v) is 14.2. The maximum Gasteiger partial charge on any atom is 0.224 e. The number of para-hydroxylation sites is 1. The summed E-state index contributed by atoms with van der Waals surface area (Å²) in [5.41, 5.74) is 3.05. The quantitative estimate of drug-likeness (QED) is 0.676. The molecule has 0 aliphatic rings. The molecule has 0 unspecified atom stereocenters. The van der Waals surface area contributed by atoms with Crippen LogP contribution in [0.5, 0.6) is 5.75 Å². The Morgan fingerprint density at radius 2 is 2.08 bits per heavy atom. The van der Waals surface area contributed by atoms with E-state index in [1.54, 1.807) is 25.3 Å². The van der Waals surface area contributed by atoms with Crippen LogP contribution in [0, 0.1) is 0 Å². The lowest BCUT2D eigenvalue weighted by atomic mass is 10.1. The first-order chi connectivity index (χ1) is 11.7. The van der Waals surface area contributed by atoms with E-state index in [1.807, 2.05) is 18.3 Å². The number of rotatable bonds is 6. The predicted octanol–water partition coefficient (Wildman–Crippen LogP) is 4.79. The molecule has 0 fully saturated rings. The van der Waals surface area contributed by atoms with Gasteiger partial charge in [0, 0.05) is 29.2 Å². The molecular formula is C19H19ClN2O2. The molecule has 1 aromatic heterocycles. The number of aryl methyl sites for hydroxylation is 1. The van der Waals surface area contributed by atoms with E-state index in [9.17, 15) is 4.79 Å². The van der Waals surface area contributed by atoms with E-state index >= 15 is 0 Å². The van der Waals surface area contributed by atoms with Gasteiger partial charge in [-0.1, -0.05) is 29.8 Å². The molecule has 3 rings (SSSR count). The summed E-state index contributed by atoms with van der Waals surface area (Å²) in [4.78, 5) is 15.3. The number of ether oxygens (including phenoxy) is 1. The largest absolute Gasteiger partial charge is 0.495 e. The Bertz CT molecular complexity index is 857. The number of methoxy groups -OCH3 is 1. The van der Waals surface area contributed by atoms with E-state index in [2.05, 4.69) is 22.4 Å². The molecule has 0 aliphatic heterocycles. The number of hydrogen-bond acceptors (Lipinski definition) is 2. The number of aromatic amines is 1. The standard InChI is InChI=1S/C19H19ClN2O2/c1-24-18-10-9-14(11-16(18)20)22-19(23)8-4-5-13-12-21-17-7-3-2-6-15(13)17/h2-3,6-7,9-12,21H,4-5,8H2,1H3,(H,22,23). The first-order valence-corrected chi connectivity index (χ1v) is 8.23. The molecule has 0 bridgehead atoms. The lowest BCUT2D eigenvalue weighted by Crippen LogP contribution is -2.11. The van der Waals surface area contributed by atoms with Gasteiger partial charge in [0.1, 0.15) is 5.75 Å². The Labute approximate surface area is 145 Å². The highest BCUT2D eigenvalue weighted by molar-refractivity contribution is 6.32. The highest BCUT2D eigenvalue weighted by Gasteiger charge is 2.07. The number of carbonyl (C=O) groups is 1. The van der Waals surface area contributed by atoms with Crippen LogP contribution in [0.4, 0.5) is 5.69 Å². The zero-order chi connectivity index (χ0) is 16.9. The predicted molar refractivity (Wildman–Crippen MR) is 97.9 cm³/mol. The second-order valence-electron chi connectivity index (χ2n) is 5.61. The third kappa shape index (κ3) is 3.71. The minimum Gasteiger partial charge on any atom is -0.495 e. The van der Waals surface area contributed by atoms with Gasteiger partial charge in [0.15, 0.2) is 0 Å². The van der Waals surface area contributed by atoms with Crippen molar-refractivity contribution >= 4 is 34.1 Å². The molecule has 1 amide bonds. The van der Waals surface area contributed by atoms with E-state index in [4.69, 9.17) is 16.3 Å². The first kappa shape index (κ1) is 16.4. The SMILES string of the molecule is COc1ccc(NC(=O)CCCc2c[nH]c3ccccc23)cc1Cl. The summed E-state index contributed by atoms with van der Waals surface area (Å²) in [6.07, 6.45) is 4.13. The lowest BCUT2D eigenvalue weighted by Gasteiger charge is -2.08. The second kappa shape index (κ2) is 7.41. The Morgan fingerprint density at radius 1 is 1.25 bits per heavy atom. The van der Waals surface area contributed by atoms with Crippen molar-refractivity contribution in [2.45, 2.75) is 19.3 Å². The van der Waals surface area contributed by atoms with Crippen LogP contribution >= 0.6 is 11.6 Å².